The lowest BCUT2D eigenvalue weighted by Crippen LogP contribution is -2.56. The molecule has 0 saturated carbocycles. The summed E-state index contributed by atoms with van der Waals surface area (Å²) in [6, 6.07) is 4.90. The second-order valence-electron chi connectivity index (χ2n) is 5.92. The molecule has 1 unspecified atom stereocenters. The summed E-state index contributed by atoms with van der Waals surface area (Å²) < 4.78 is 5.82. The highest BCUT2D eigenvalue weighted by Crippen LogP contribution is 2.24. The monoisotopic (exact) mass is 278 g/mol. The van der Waals surface area contributed by atoms with E-state index < -0.39 is 5.60 Å². The van der Waals surface area contributed by atoms with E-state index in [9.17, 15) is 9.90 Å². The topological polar surface area (TPSA) is 75.8 Å². The fourth-order valence-electron chi connectivity index (χ4n) is 2.54. The van der Waals surface area contributed by atoms with Gasteiger partial charge in [-0.05, 0) is 44.5 Å². The van der Waals surface area contributed by atoms with Crippen LogP contribution >= 0.6 is 0 Å². The number of morpholine rings is 1. The molecule has 110 valence electrons. The Hall–Kier alpha value is -1.59. The maximum absolute atomic E-state index is 12.6. The van der Waals surface area contributed by atoms with Crippen molar-refractivity contribution in [2.24, 2.45) is 5.73 Å². The van der Waals surface area contributed by atoms with Gasteiger partial charge < -0.3 is 20.5 Å². The number of nitrogens with two attached hydrogens (primary N) is 1. The van der Waals surface area contributed by atoms with Crippen LogP contribution in [0.3, 0.4) is 0 Å². The van der Waals surface area contributed by atoms with Crippen LogP contribution in [0.2, 0.25) is 0 Å². The smallest absolute Gasteiger partial charge is 0.254 e. The van der Waals surface area contributed by atoms with Gasteiger partial charge in [0.2, 0.25) is 0 Å². The maximum atomic E-state index is 12.6. The summed E-state index contributed by atoms with van der Waals surface area (Å²) in [5.74, 6) is 0.145. The van der Waals surface area contributed by atoms with Crippen molar-refractivity contribution >= 4 is 5.91 Å². The van der Waals surface area contributed by atoms with E-state index in [0.29, 0.717) is 30.8 Å². The van der Waals surface area contributed by atoms with Crippen LogP contribution in [0.5, 0.6) is 5.75 Å². The highest BCUT2D eigenvalue weighted by molar-refractivity contribution is 5.94. The van der Waals surface area contributed by atoms with Gasteiger partial charge in [0, 0.05) is 25.2 Å². The van der Waals surface area contributed by atoms with Gasteiger partial charge in [-0.2, -0.15) is 0 Å². The minimum Gasteiger partial charge on any atom is -0.508 e. The maximum Gasteiger partial charge on any atom is 0.254 e. The molecule has 1 heterocycles. The predicted molar refractivity (Wildman–Crippen MR) is 76.8 cm³/mol. The van der Waals surface area contributed by atoms with E-state index in [-0.39, 0.29) is 17.8 Å². The fraction of sp³-hybridized carbons (Fsp3) is 0.533. The van der Waals surface area contributed by atoms with Gasteiger partial charge in [-0.3, -0.25) is 4.79 Å². The van der Waals surface area contributed by atoms with Crippen LogP contribution in [0.4, 0.5) is 0 Å². The summed E-state index contributed by atoms with van der Waals surface area (Å²) >= 11 is 0. The summed E-state index contributed by atoms with van der Waals surface area (Å²) in [5.41, 5.74) is 6.55. The summed E-state index contributed by atoms with van der Waals surface area (Å²) in [4.78, 5) is 14.3. The number of carbonyl (C=O) groups is 1. The van der Waals surface area contributed by atoms with Gasteiger partial charge in [-0.15, -0.1) is 0 Å². The molecule has 1 aliphatic rings. The number of carbonyl (C=O) groups excluding carboxylic acids is 1. The molecule has 1 aromatic rings. The zero-order valence-corrected chi connectivity index (χ0v) is 12.2. The molecular weight excluding hydrogens is 256 g/mol. The van der Waals surface area contributed by atoms with Crippen molar-refractivity contribution in [2.75, 3.05) is 19.6 Å². The Balaban J connectivity index is 2.21. The van der Waals surface area contributed by atoms with Crippen molar-refractivity contribution in [3.63, 3.8) is 0 Å². The number of aryl methyl sites for hydroxylation is 1. The van der Waals surface area contributed by atoms with Crippen molar-refractivity contribution in [1.29, 1.82) is 0 Å². The molecule has 1 fully saturated rings. The van der Waals surface area contributed by atoms with E-state index >= 15 is 0 Å². The number of hydrogen-bond donors (Lipinski definition) is 2. The molecule has 3 N–H and O–H groups in total. The van der Waals surface area contributed by atoms with Crippen molar-refractivity contribution in [1.82, 2.24) is 4.90 Å². The van der Waals surface area contributed by atoms with E-state index in [1.54, 1.807) is 30.0 Å². The van der Waals surface area contributed by atoms with Gasteiger partial charge in [-0.1, -0.05) is 0 Å². The lowest BCUT2D eigenvalue weighted by atomic mass is 10.0. The molecule has 5 nitrogen and oxygen atoms in total. The van der Waals surface area contributed by atoms with E-state index in [2.05, 4.69) is 0 Å². The first-order valence-electron chi connectivity index (χ1n) is 6.79. The number of nitrogens with zero attached hydrogens (tertiary/aromatic N) is 1. The van der Waals surface area contributed by atoms with Crippen LogP contribution in [0, 0.1) is 6.92 Å². The summed E-state index contributed by atoms with van der Waals surface area (Å²) in [6.45, 7) is 7.11. The Morgan fingerprint density at radius 1 is 1.55 bits per heavy atom. The Bertz CT molecular complexity index is 514. The molecule has 1 aromatic carbocycles. The zero-order chi connectivity index (χ0) is 14.9. The Morgan fingerprint density at radius 2 is 2.25 bits per heavy atom. The molecule has 5 heteroatoms. The normalized spacial score (nSPS) is 21.8. The Kier molecular flexibility index (Phi) is 4.01. The number of benzene rings is 1. The molecule has 2 rings (SSSR count). The standard InChI is InChI=1S/C15H22N2O3/c1-10-6-11(4-5-13(10)18)14(19)17-8-12(7-16)20-15(2,3)9-17/h4-6,12,18H,7-9,16H2,1-3H3. The second-order valence-corrected chi connectivity index (χ2v) is 5.92. The molecular formula is C15H22N2O3. The summed E-state index contributed by atoms with van der Waals surface area (Å²) in [7, 11) is 0. The molecule has 0 spiro atoms. The minimum absolute atomic E-state index is 0.0528. The van der Waals surface area contributed by atoms with E-state index in [1.165, 1.54) is 0 Å². The van der Waals surface area contributed by atoms with Gasteiger partial charge in [0.05, 0.1) is 11.7 Å². The van der Waals surface area contributed by atoms with Crippen molar-refractivity contribution in [3.8, 4) is 5.75 Å². The van der Waals surface area contributed by atoms with E-state index in [0.717, 1.165) is 0 Å². The SMILES string of the molecule is Cc1cc(C(=O)N2CC(CN)OC(C)(C)C2)ccc1O. The molecule has 0 radical (unpaired) electrons. The number of amides is 1. The van der Waals surface area contributed by atoms with Crippen LogP contribution in [0.1, 0.15) is 29.8 Å². The number of aromatic hydroxyl groups is 1. The third-order valence-electron chi connectivity index (χ3n) is 3.48. The van der Waals surface area contributed by atoms with Gasteiger partial charge >= 0.3 is 0 Å². The molecule has 1 atom stereocenters. The number of phenols is 1. The largest absolute Gasteiger partial charge is 0.508 e. The molecule has 20 heavy (non-hydrogen) atoms. The fourth-order valence-corrected chi connectivity index (χ4v) is 2.54. The molecule has 1 amide bonds. The van der Waals surface area contributed by atoms with Crippen LogP contribution in [-0.2, 0) is 4.74 Å². The predicted octanol–water partition coefficient (Wildman–Crippen LogP) is 1.28. The van der Waals surface area contributed by atoms with Gasteiger partial charge in [0.25, 0.3) is 5.91 Å². The van der Waals surface area contributed by atoms with Gasteiger partial charge in [0.15, 0.2) is 0 Å². The molecule has 1 aliphatic heterocycles. The lowest BCUT2D eigenvalue weighted by Gasteiger charge is -2.42. The number of rotatable bonds is 2. The van der Waals surface area contributed by atoms with Crippen molar-refractivity contribution in [3.05, 3.63) is 29.3 Å². The van der Waals surface area contributed by atoms with Crippen LogP contribution in [0.15, 0.2) is 18.2 Å². The van der Waals surface area contributed by atoms with Gasteiger partial charge in [-0.25, -0.2) is 0 Å². The molecule has 0 aromatic heterocycles. The second kappa shape index (κ2) is 5.42. The van der Waals surface area contributed by atoms with Gasteiger partial charge in [0.1, 0.15) is 5.75 Å². The number of ether oxygens (including phenoxy) is 1. The van der Waals surface area contributed by atoms with Crippen LogP contribution in [-0.4, -0.2) is 47.3 Å². The highest BCUT2D eigenvalue weighted by atomic mass is 16.5. The summed E-state index contributed by atoms with van der Waals surface area (Å²) in [5, 5.41) is 9.54. The third kappa shape index (κ3) is 3.11. The number of phenolic OH excluding ortho intramolecular Hbond substituents is 1. The van der Waals surface area contributed by atoms with Crippen LogP contribution < -0.4 is 5.73 Å². The van der Waals surface area contributed by atoms with Crippen LogP contribution in [0.25, 0.3) is 0 Å². The zero-order valence-electron chi connectivity index (χ0n) is 12.2. The molecule has 0 bridgehead atoms. The van der Waals surface area contributed by atoms with Crippen molar-refractivity contribution < 1.29 is 14.6 Å². The average Bonchev–Trinajstić information content (AvgIpc) is 2.39. The first kappa shape index (κ1) is 14.8. The Morgan fingerprint density at radius 3 is 2.85 bits per heavy atom. The molecule has 1 saturated heterocycles. The van der Waals surface area contributed by atoms with E-state index in [4.69, 9.17) is 10.5 Å². The van der Waals surface area contributed by atoms with E-state index in [1.807, 2.05) is 13.8 Å². The first-order valence-corrected chi connectivity index (χ1v) is 6.79. The molecule has 0 aliphatic carbocycles. The average molecular weight is 278 g/mol. The third-order valence-corrected chi connectivity index (χ3v) is 3.48. The minimum atomic E-state index is -0.399. The first-order chi connectivity index (χ1) is 9.32. The summed E-state index contributed by atoms with van der Waals surface area (Å²) in [6.07, 6.45) is -0.138. The quantitative estimate of drug-likeness (QED) is 0.854. The van der Waals surface area contributed by atoms with Crippen molar-refractivity contribution in [2.45, 2.75) is 32.5 Å². The number of hydrogen-bond acceptors (Lipinski definition) is 4. The Labute approximate surface area is 119 Å². The lowest BCUT2D eigenvalue weighted by molar-refractivity contribution is -0.122. The highest BCUT2D eigenvalue weighted by Gasteiger charge is 2.35.